The van der Waals surface area contributed by atoms with Gasteiger partial charge in [0.15, 0.2) is 5.71 Å². The second-order valence-electron chi connectivity index (χ2n) is 17.5. The summed E-state index contributed by atoms with van der Waals surface area (Å²) in [6, 6.07) is 17.1. The molecular weight excluding hydrogens is 857 g/mol. The number of carbonyl (C=O) groups excluding carboxylic acids is 2. The van der Waals surface area contributed by atoms with Gasteiger partial charge < -0.3 is 31.1 Å². The fourth-order valence-corrected chi connectivity index (χ4v) is 10.9. The van der Waals surface area contributed by atoms with Gasteiger partial charge in [-0.2, -0.15) is 4.58 Å². The molecule has 7 rings (SSSR count). The first-order valence-corrected chi connectivity index (χ1v) is 23.7. The van der Waals surface area contributed by atoms with E-state index in [9.17, 15) is 29.4 Å². The van der Waals surface area contributed by atoms with Gasteiger partial charge >= 0.3 is 11.9 Å². The van der Waals surface area contributed by atoms with Crippen molar-refractivity contribution >= 4 is 84.7 Å². The zero-order chi connectivity index (χ0) is 46.5. The molecule has 338 valence electrons. The first-order valence-electron chi connectivity index (χ1n) is 21.9. The van der Waals surface area contributed by atoms with E-state index in [0.29, 0.717) is 42.9 Å². The Hall–Kier alpha value is -6.25. The van der Waals surface area contributed by atoms with Gasteiger partial charge in [-0.3, -0.25) is 14.4 Å². The molecule has 4 heterocycles. The molecule has 5 N–H and O–H groups in total. The zero-order valence-electron chi connectivity index (χ0n) is 37.7. The number of carboxylic acids is 2. The molecule has 0 fully saturated rings. The highest BCUT2D eigenvalue weighted by Gasteiger charge is 2.43. The fraction of sp³-hybridized carbons (Fsp3) is 0.333. The van der Waals surface area contributed by atoms with Crippen molar-refractivity contribution in [1.82, 2.24) is 15.6 Å². The van der Waals surface area contributed by atoms with Crippen molar-refractivity contribution in [1.29, 1.82) is 0 Å². The molecule has 3 aliphatic heterocycles. The Balaban J connectivity index is 0.806. The van der Waals surface area contributed by atoms with E-state index >= 15 is 0 Å². The summed E-state index contributed by atoms with van der Waals surface area (Å²) < 4.78 is 3.13. The van der Waals surface area contributed by atoms with Crippen molar-refractivity contribution in [3.8, 4) is 0 Å². The van der Waals surface area contributed by atoms with Crippen LogP contribution in [0.2, 0.25) is 0 Å². The second-order valence-corrected chi connectivity index (χ2v) is 19.6. The number of carbonyl (C=O) groups is 4. The molecule has 0 unspecified atom stereocenters. The van der Waals surface area contributed by atoms with Crippen LogP contribution in [0.5, 0.6) is 0 Å². The van der Waals surface area contributed by atoms with Crippen LogP contribution < -0.4 is 20.9 Å². The standard InChI is InChI=1S/C51H56N6O6S2/c1-50(2)36-27-32(18-22-39(36)56(5)43(50)15-11-8-7-9-12-16-44-51(3,4)37-28-33(48(60)61)19-23-40(37)57(44)6)46(59)54-24-14-10-13-17-45(58)53-26-25-52-35-20-21-38-41(30-35)65-47(55-38)42-29-34(31-64-42)49(62)63/h7-9,11-12,15-16,18-23,27-30,34,52H,10,13-14,17,24-26,31H2,1-6H3,(H3-,53,54,58,59,60,61,62,63)/p+1/t34-/m1/s1. The summed E-state index contributed by atoms with van der Waals surface area (Å²) in [6.07, 6.45) is 18.7. The monoisotopic (exact) mass is 913 g/mol. The largest absolute Gasteiger partial charge is 0.481 e. The van der Waals surface area contributed by atoms with Gasteiger partial charge in [-0.1, -0.05) is 56.7 Å². The number of thiazole rings is 1. The summed E-state index contributed by atoms with van der Waals surface area (Å²) in [5.41, 5.74) is 8.44. The van der Waals surface area contributed by atoms with Crippen molar-refractivity contribution in [2.24, 2.45) is 5.92 Å². The molecule has 12 nitrogen and oxygen atoms in total. The minimum atomic E-state index is -0.927. The lowest BCUT2D eigenvalue weighted by Crippen LogP contribution is -2.28. The quantitative estimate of drug-likeness (QED) is 0.0369. The van der Waals surface area contributed by atoms with Crippen LogP contribution >= 0.6 is 23.1 Å². The van der Waals surface area contributed by atoms with Gasteiger partial charge in [-0.15, -0.1) is 23.1 Å². The molecule has 1 atom stereocenters. The summed E-state index contributed by atoms with van der Waals surface area (Å²) >= 11 is 3.08. The third-order valence-electron chi connectivity index (χ3n) is 12.4. The summed E-state index contributed by atoms with van der Waals surface area (Å²) in [6.45, 7) is 10.2. The van der Waals surface area contributed by atoms with Crippen LogP contribution in [0.4, 0.5) is 17.1 Å². The second kappa shape index (κ2) is 19.9. The number of fused-ring (bicyclic) bond motifs is 3. The number of thioether (sulfide) groups is 1. The molecule has 2 amide bonds. The molecule has 0 saturated heterocycles. The smallest absolute Gasteiger partial charge is 0.335 e. The molecule has 3 aromatic carbocycles. The van der Waals surface area contributed by atoms with E-state index in [4.69, 9.17) is 0 Å². The number of benzene rings is 3. The Kier molecular flexibility index (Phi) is 14.3. The number of allylic oxidation sites excluding steroid dienone is 8. The maximum Gasteiger partial charge on any atom is 0.335 e. The number of nitrogens with one attached hydrogen (secondary N) is 3. The van der Waals surface area contributed by atoms with Gasteiger partial charge in [-0.05, 0) is 86.9 Å². The van der Waals surface area contributed by atoms with E-state index in [2.05, 4.69) is 70.3 Å². The first-order chi connectivity index (χ1) is 31.1. The van der Waals surface area contributed by atoms with Gasteiger partial charge in [0.05, 0.1) is 27.1 Å². The van der Waals surface area contributed by atoms with E-state index in [1.165, 1.54) is 11.8 Å². The van der Waals surface area contributed by atoms with Crippen molar-refractivity contribution in [3.05, 3.63) is 136 Å². The first kappa shape index (κ1) is 46.7. The van der Waals surface area contributed by atoms with Crippen molar-refractivity contribution in [2.45, 2.75) is 64.2 Å². The Morgan fingerprint density at radius 2 is 1.60 bits per heavy atom. The Morgan fingerprint density at radius 1 is 0.846 bits per heavy atom. The zero-order valence-corrected chi connectivity index (χ0v) is 39.4. The topological polar surface area (TPSA) is 164 Å². The summed E-state index contributed by atoms with van der Waals surface area (Å²) in [5.74, 6) is -1.79. The minimum Gasteiger partial charge on any atom is -0.481 e. The molecule has 0 saturated carbocycles. The number of likely N-dealkylation sites (N-methyl/N-ethyl adjacent to an activating group) is 1. The number of unbranched alkanes of at least 4 members (excludes halogenated alkanes) is 2. The fourth-order valence-electron chi connectivity index (χ4n) is 8.70. The maximum absolute atomic E-state index is 13.2. The van der Waals surface area contributed by atoms with Crippen molar-refractivity contribution < 1.29 is 34.0 Å². The van der Waals surface area contributed by atoms with Crippen LogP contribution in [0.3, 0.4) is 0 Å². The van der Waals surface area contributed by atoms with Crippen molar-refractivity contribution in [2.75, 3.05) is 49.7 Å². The Labute approximate surface area is 388 Å². The number of anilines is 2. The molecular formula is C51H57N6O6S2+. The lowest BCUT2D eigenvalue weighted by molar-refractivity contribution is -0.401. The molecule has 0 radical (unpaired) electrons. The van der Waals surface area contributed by atoms with E-state index in [-0.39, 0.29) is 22.6 Å². The average molecular weight is 914 g/mol. The third-order valence-corrected chi connectivity index (χ3v) is 14.7. The van der Waals surface area contributed by atoms with Gasteiger partial charge in [0.2, 0.25) is 11.6 Å². The van der Waals surface area contributed by atoms with Gasteiger partial charge in [0.25, 0.3) is 5.91 Å². The number of nitrogens with zero attached hydrogens (tertiary/aromatic N) is 3. The number of hydrogen-bond donors (Lipinski definition) is 5. The van der Waals surface area contributed by atoms with Gasteiger partial charge in [-0.25, -0.2) is 9.78 Å². The van der Waals surface area contributed by atoms with Gasteiger partial charge in [0.1, 0.15) is 12.1 Å². The number of hydrogen-bond acceptors (Lipinski definition) is 9. The summed E-state index contributed by atoms with van der Waals surface area (Å²) in [5, 5.41) is 29.0. The molecule has 4 aromatic rings. The lowest BCUT2D eigenvalue weighted by atomic mass is 9.81. The number of aliphatic carboxylic acids is 1. The summed E-state index contributed by atoms with van der Waals surface area (Å²) in [4.78, 5) is 56.4. The predicted molar refractivity (Wildman–Crippen MR) is 264 cm³/mol. The third kappa shape index (κ3) is 10.3. The predicted octanol–water partition coefficient (Wildman–Crippen LogP) is 9.29. The lowest BCUT2D eigenvalue weighted by Gasteiger charge is -2.23. The minimum absolute atomic E-state index is 0.00273. The highest BCUT2D eigenvalue weighted by molar-refractivity contribution is 8.08. The number of aromatic nitrogens is 1. The Morgan fingerprint density at radius 3 is 2.37 bits per heavy atom. The van der Waals surface area contributed by atoms with Crippen LogP contribution in [-0.2, 0) is 20.4 Å². The Bertz CT molecular complexity index is 2720. The van der Waals surface area contributed by atoms with Crippen molar-refractivity contribution in [3.63, 3.8) is 0 Å². The average Bonchev–Trinajstić information content (AvgIpc) is 4.03. The number of amides is 2. The highest BCUT2D eigenvalue weighted by Crippen LogP contribution is 2.47. The van der Waals surface area contributed by atoms with E-state index in [1.807, 2.05) is 86.9 Å². The van der Waals surface area contributed by atoms with Crippen LogP contribution in [0.25, 0.3) is 15.1 Å². The molecule has 14 heteroatoms. The molecule has 1 aromatic heterocycles. The van der Waals surface area contributed by atoms with Crippen LogP contribution in [-0.4, -0.2) is 88.7 Å². The highest BCUT2D eigenvalue weighted by atomic mass is 32.2. The van der Waals surface area contributed by atoms with E-state index < -0.39 is 17.9 Å². The number of aromatic carboxylic acids is 1. The van der Waals surface area contributed by atoms with Gasteiger partial charge in [0, 0.05) is 89.5 Å². The number of rotatable bonds is 18. The molecule has 3 aliphatic rings. The molecule has 0 bridgehead atoms. The molecule has 0 spiro atoms. The van der Waals surface area contributed by atoms with E-state index in [1.54, 1.807) is 29.5 Å². The number of carboxylic acid groups (broad SMARTS) is 2. The SMILES string of the molecule is CN1C(=CC=CC=CC=CC2=[N+](C)c3ccc(C(=O)O)cc3C2(C)C)C(C)(C)c2cc(C(=O)NCCCCCC(=O)NCCNc3ccc4nc(C5=C[C@@H](C(=O)O)CS5)sc4c3)ccc21. The van der Waals surface area contributed by atoms with Crippen LogP contribution in [0, 0.1) is 5.92 Å². The van der Waals surface area contributed by atoms with Crippen LogP contribution in [0.1, 0.15) is 90.2 Å². The van der Waals surface area contributed by atoms with Crippen LogP contribution in [0.15, 0.2) is 109 Å². The molecule has 65 heavy (non-hydrogen) atoms. The van der Waals surface area contributed by atoms with E-state index in [0.717, 1.165) is 79.0 Å². The maximum atomic E-state index is 13.2. The normalized spacial score (nSPS) is 18.0. The summed E-state index contributed by atoms with van der Waals surface area (Å²) in [7, 11) is 4.06. The molecule has 0 aliphatic carbocycles.